The van der Waals surface area contributed by atoms with E-state index in [-0.39, 0.29) is 11.2 Å². The summed E-state index contributed by atoms with van der Waals surface area (Å²) in [5.41, 5.74) is 2.27. The van der Waals surface area contributed by atoms with E-state index in [1.54, 1.807) is 25.2 Å². The Hall–Kier alpha value is -1.75. The van der Waals surface area contributed by atoms with Crippen LogP contribution in [0.15, 0.2) is 41.8 Å². The van der Waals surface area contributed by atoms with Crippen molar-refractivity contribution in [2.45, 2.75) is 24.3 Å². The van der Waals surface area contributed by atoms with Crippen LogP contribution in [0.3, 0.4) is 0 Å². The summed E-state index contributed by atoms with van der Waals surface area (Å²) >= 11 is 1.48. The fraction of sp³-hybridized carbons (Fsp3) is 0.333. The van der Waals surface area contributed by atoms with E-state index < -0.39 is 0 Å². The van der Waals surface area contributed by atoms with E-state index in [2.05, 4.69) is 24.0 Å². The van der Waals surface area contributed by atoms with E-state index >= 15 is 0 Å². The maximum absolute atomic E-state index is 12.0. The second-order valence-electron chi connectivity index (χ2n) is 4.86. The Morgan fingerprint density at radius 2 is 2.05 bits per heavy atom. The molecular weight excluding hydrogens is 270 g/mol. The molecule has 106 valence electrons. The Balaban J connectivity index is 2.26. The van der Waals surface area contributed by atoms with Crippen molar-refractivity contribution in [2.75, 3.05) is 14.1 Å². The van der Waals surface area contributed by atoms with Gasteiger partial charge in [-0.2, -0.15) is 0 Å². The largest absolute Gasteiger partial charge is 0.348 e. The molecule has 0 aliphatic carbocycles. The minimum Gasteiger partial charge on any atom is -0.348 e. The number of imidazole rings is 1. The van der Waals surface area contributed by atoms with Gasteiger partial charge in [0.2, 0.25) is 5.91 Å². The van der Waals surface area contributed by atoms with Gasteiger partial charge in [-0.25, -0.2) is 4.98 Å². The van der Waals surface area contributed by atoms with Crippen LogP contribution in [-0.2, 0) is 4.79 Å². The number of aromatic nitrogens is 2. The van der Waals surface area contributed by atoms with Crippen molar-refractivity contribution >= 4 is 17.7 Å². The van der Waals surface area contributed by atoms with Crippen molar-refractivity contribution in [2.24, 2.45) is 0 Å². The van der Waals surface area contributed by atoms with Crippen LogP contribution >= 0.6 is 11.8 Å². The van der Waals surface area contributed by atoms with Gasteiger partial charge in [0.15, 0.2) is 5.16 Å². The minimum absolute atomic E-state index is 0.0920. The predicted octanol–water partition coefficient (Wildman–Crippen LogP) is 2.75. The fourth-order valence-corrected chi connectivity index (χ4v) is 2.99. The summed E-state index contributed by atoms with van der Waals surface area (Å²) in [6, 6.07) is 8.14. The fourth-order valence-electron chi connectivity index (χ4n) is 1.97. The van der Waals surface area contributed by atoms with Crippen molar-refractivity contribution in [3.63, 3.8) is 0 Å². The van der Waals surface area contributed by atoms with Crippen LogP contribution in [0.25, 0.3) is 5.69 Å². The molecule has 0 aliphatic heterocycles. The molecule has 0 aliphatic rings. The standard InChI is InChI=1S/C15H19N3OS/c1-11-7-5-6-8-13(11)18-10-9-16-15(18)20-12(2)14(19)17(3)4/h5-10,12H,1-4H3/t12-/m0/s1. The lowest BCUT2D eigenvalue weighted by atomic mass is 10.2. The number of amides is 1. The molecule has 0 bridgehead atoms. The second kappa shape index (κ2) is 6.13. The van der Waals surface area contributed by atoms with E-state index in [9.17, 15) is 4.79 Å². The van der Waals surface area contributed by atoms with Crippen molar-refractivity contribution in [3.8, 4) is 5.69 Å². The monoisotopic (exact) mass is 289 g/mol. The van der Waals surface area contributed by atoms with Gasteiger partial charge < -0.3 is 4.90 Å². The van der Waals surface area contributed by atoms with E-state index in [4.69, 9.17) is 0 Å². The molecular formula is C15H19N3OS. The summed E-state index contributed by atoms with van der Waals surface area (Å²) in [5, 5.41) is 0.678. The van der Waals surface area contributed by atoms with Gasteiger partial charge in [0.05, 0.1) is 10.9 Å². The summed E-state index contributed by atoms with van der Waals surface area (Å²) in [4.78, 5) is 17.9. The van der Waals surface area contributed by atoms with E-state index in [0.717, 1.165) is 10.8 Å². The number of carbonyl (C=O) groups is 1. The lowest BCUT2D eigenvalue weighted by molar-refractivity contribution is -0.127. The third-order valence-electron chi connectivity index (χ3n) is 3.05. The zero-order valence-corrected chi connectivity index (χ0v) is 13.0. The Kier molecular flexibility index (Phi) is 4.49. The van der Waals surface area contributed by atoms with E-state index in [1.165, 1.54) is 17.3 Å². The highest BCUT2D eigenvalue weighted by molar-refractivity contribution is 8.00. The van der Waals surface area contributed by atoms with Gasteiger partial charge in [0.1, 0.15) is 0 Å². The third kappa shape index (κ3) is 3.04. The molecule has 1 heterocycles. The summed E-state index contributed by atoms with van der Waals surface area (Å²) in [5.74, 6) is 0.0920. The van der Waals surface area contributed by atoms with Crippen LogP contribution in [-0.4, -0.2) is 39.7 Å². The highest BCUT2D eigenvalue weighted by atomic mass is 32.2. The van der Waals surface area contributed by atoms with Crippen LogP contribution in [0.1, 0.15) is 12.5 Å². The molecule has 0 radical (unpaired) electrons. The molecule has 1 aromatic carbocycles. The molecule has 0 fully saturated rings. The summed E-state index contributed by atoms with van der Waals surface area (Å²) < 4.78 is 2.03. The van der Waals surface area contributed by atoms with Gasteiger partial charge in [0, 0.05) is 26.5 Å². The average Bonchev–Trinajstić information content (AvgIpc) is 2.86. The number of aryl methyl sites for hydroxylation is 1. The zero-order valence-electron chi connectivity index (χ0n) is 12.2. The molecule has 2 aromatic rings. The number of carbonyl (C=O) groups excluding carboxylic acids is 1. The lowest BCUT2D eigenvalue weighted by Crippen LogP contribution is -2.29. The van der Waals surface area contributed by atoms with Crippen molar-refractivity contribution in [1.82, 2.24) is 14.5 Å². The first-order valence-corrected chi connectivity index (χ1v) is 7.36. The summed E-state index contributed by atoms with van der Waals surface area (Å²) in [7, 11) is 3.54. The van der Waals surface area contributed by atoms with E-state index in [0.29, 0.717) is 0 Å². The molecule has 1 aromatic heterocycles. The highest BCUT2D eigenvalue weighted by Crippen LogP contribution is 2.26. The molecule has 0 N–H and O–H groups in total. The number of hydrogen-bond acceptors (Lipinski definition) is 3. The molecule has 1 amide bonds. The normalized spacial score (nSPS) is 12.2. The second-order valence-corrected chi connectivity index (χ2v) is 6.17. The molecule has 0 saturated heterocycles. The van der Waals surface area contributed by atoms with Crippen LogP contribution < -0.4 is 0 Å². The first kappa shape index (κ1) is 14.7. The summed E-state index contributed by atoms with van der Waals surface area (Å²) in [6.45, 7) is 3.97. The Bertz CT molecular complexity index is 607. The smallest absolute Gasteiger partial charge is 0.235 e. The van der Waals surface area contributed by atoms with Crippen LogP contribution in [0.5, 0.6) is 0 Å². The maximum atomic E-state index is 12.0. The topological polar surface area (TPSA) is 38.1 Å². The Morgan fingerprint density at radius 3 is 2.70 bits per heavy atom. The van der Waals surface area contributed by atoms with E-state index in [1.807, 2.05) is 29.8 Å². The lowest BCUT2D eigenvalue weighted by Gasteiger charge is -2.17. The van der Waals surface area contributed by atoms with Gasteiger partial charge in [-0.3, -0.25) is 9.36 Å². The molecule has 2 rings (SSSR count). The first-order chi connectivity index (χ1) is 9.50. The average molecular weight is 289 g/mol. The van der Waals surface area contributed by atoms with Gasteiger partial charge in [-0.1, -0.05) is 30.0 Å². The number of hydrogen-bond donors (Lipinski definition) is 0. The van der Waals surface area contributed by atoms with Crippen LogP contribution in [0.2, 0.25) is 0 Å². The van der Waals surface area contributed by atoms with Gasteiger partial charge in [0.25, 0.3) is 0 Å². The minimum atomic E-state index is -0.157. The predicted molar refractivity (Wildman–Crippen MR) is 82.3 cm³/mol. The molecule has 1 atom stereocenters. The van der Waals surface area contributed by atoms with Crippen molar-refractivity contribution < 1.29 is 4.79 Å². The summed E-state index contributed by atoms with van der Waals surface area (Å²) in [6.07, 6.45) is 3.69. The van der Waals surface area contributed by atoms with Gasteiger partial charge in [-0.05, 0) is 25.5 Å². The SMILES string of the molecule is Cc1ccccc1-n1ccnc1S[C@@H](C)C(=O)N(C)C. The number of nitrogens with zero attached hydrogens (tertiary/aromatic N) is 3. The number of rotatable bonds is 4. The molecule has 0 unspecified atom stereocenters. The Labute approximate surface area is 123 Å². The van der Waals surface area contributed by atoms with Crippen LogP contribution in [0, 0.1) is 6.92 Å². The van der Waals surface area contributed by atoms with Gasteiger partial charge in [-0.15, -0.1) is 0 Å². The third-order valence-corrected chi connectivity index (χ3v) is 4.12. The molecule has 20 heavy (non-hydrogen) atoms. The molecule has 0 spiro atoms. The van der Waals surface area contributed by atoms with Crippen molar-refractivity contribution in [3.05, 3.63) is 42.2 Å². The highest BCUT2D eigenvalue weighted by Gasteiger charge is 2.19. The molecule has 5 heteroatoms. The quantitative estimate of drug-likeness (QED) is 0.812. The van der Waals surface area contributed by atoms with Gasteiger partial charge >= 0.3 is 0 Å². The number of benzene rings is 1. The van der Waals surface area contributed by atoms with Crippen LogP contribution in [0.4, 0.5) is 0 Å². The molecule has 4 nitrogen and oxygen atoms in total. The number of thioether (sulfide) groups is 1. The first-order valence-electron chi connectivity index (χ1n) is 6.48. The number of para-hydroxylation sites is 1. The van der Waals surface area contributed by atoms with Crippen molar-refractivity contribution in [1.29, 1.82) is 0 Å². The Morgan fingerprint density at radius 1 is 1.35 bits per heavy atom. The maximum Gasteiger partial charge on any atom is 0.235 e. The zero-order chi connectivity index (χ0) is 14.7. The molecule has 0 saturated carbocycles.